The molecule has 2 heterocycles. The van der Waals surface area contributed by atoms with E-state index in [1.165, 1.54) is 4.88 Å². The number of hydrogen-bond donors (Lipinski definition) is 0. The van der Waals surface area contributed by atoms with Crippen LogP contribution in [-0.4, -0.2) is 42.5 Å². The van der Waals surface area contributed by atoms with Crippen LogP contribution in [-0.2, 0) is 6.54 Å². The average molecular weight is 220 g/mol. The molecule has 1 aromatic rings. The van der Waals surface area contributed by atoms with E-state index in [0.717, 1.165) is 39.3 Å². The minimum atomic E-state index is 0.798. The summed E-state index contributed by atoms with van der Waals surface area (Å²) < 4.78 is 0. The van der Waals surface area contributed by atoms with Gasteiger partial charge in [0.25, 0.3) is 0 Å². The maximum atomic E-state index is 5.30. The summed E-state index contributed by atoms with van der Waals surface area (Å²) in [4.78, 5) is 6.30. The standard InChI is InChI=1S/C12H16N2S/c1-2-5-13-6-8-14(9-7-13)11-12-4-3-10-15-12/h1,3-4,10H,5-9,11H2. The molecule has 0 aromatic carbocycles. The van der Waals surface area contributed by atoms with Gasteiger partial charge in [0.2, 0.25) is 0 Å². The molecule has 0 spiro atoms. The van der Waals surface area contributed by atoms with Crippen molar-refractivity contribution in [3.8, 4) is 12.3 Å². The molecule has 3 heteroatoms. The van der Waals surface area contributed by atoms with Crippen molar-refractivity contribution in [3.63, 3.8) is 0 Å². The fraction of sp³-hybridized carbons (Fsp3) is 0.500. The van der Waals surface area contributed by atoms with E-state index in [0.29, 0.717) is 0 Å². The molecule has 80 valence electrons. The summed E-state index contributed by atoms with van der Waals surface area (Å²) in [7, 11) is 0. The molecular formula is C12H16N2S. The first-order valence-corrected chi connectivity index (χ1v) is 6.17. The Hall–Kier alpha value is -0.820. The molecule has 0 unspecified atom stereocenters. The molecule has 0 saturated carbocycles. The van der Waals surface area contributed by atoms with E-state index >= 15 is 0 Å². The lowest BCUT2D eigenvalue weighted by molar-refractivity contribution is 0.139. The van der Waals surface area contributed by atoms with E-state index in [-0.39, 0.29) is 0 Å². The molecule has 0 radical (unpaired) electrons. The van der Waals surface area contributed by atoms with E-state index in [1.807, 2.05) is 11.3 Å². The molecule has 1 aliphatic rings. The molecule has 0 N–H and O–H groups in total. The van der Waals surface area contributed by atoms with Gasteiger partial charge in [0.05, 0.1) is 6.54 Å². The van der Waals surface area contributed by atoms with Gasteiger partial charge in [-0.2, -0.15) is 0 Å². The van der Waals surface area contributed by atoms with Gasteiger partial charge in [-0.05, 0) is 11.4 Å². The second-order valence-corrected chi connectivity index (χ2v) is 4.87. The van der Waals surface area contributed by atoms with E-state index in [1.54, 1.807) is 0 Å². The molecule has 0 aliphatic carbocycles. The fourth-order valence-corrected chi connectivity index (χ4v) is 2.60. The van der Waals surface area contributed by atoms with Crippen molar-refractivity contribution in [2.45, 2.75) is 6.54 Å². The van der Waals surface area contributed by atoms with Crippen LogP contribution in [0.1, 0.15) is 4.88 Å². The van der Waals surface area contributed by atoms with Gasteiger partial charge in [0.1, 0.15) is 0 Å². The highest BCUT2D eigenvalue weighted by Crippen LogP contribution is 2.13. The van der Waals surface area contributed by atoms with Crippen molar-refractivity contribution >= 4 is 11.3 Å². The molecule has 0 amide bonds. The van der Waals surface area contributed by atoms with Crippen molar-refractivity contribution in [2.75, 3.05) is 32.7 Å². The third-order valence-electron chi connectivity index (χ3n) is 2.74. The minimum absolute atomic E-state index is 0.798. The average Bonchev–Trinajstić information content (AvgIpc) is 2.74. The van der Waals surface area contributed by atoms with Crippen molar-refractivity contribution < 1.29 is 0 Å². The molecule has 1 aliphatic heterocycles. The molecule has 0 bridgehead atoms. The van der Waals surface area contributed by atoms with Crippen LogP contribution < -0.4 is 0 Å². The summed E-state index contributed by atoms with van der Waals surface area (Å²) in [5.41, 5.74) is 0. The molecule has 1 saturated heterocycles. The number of thiophene rings is 1. The highest BCUT2D eigenvalue weighted by Gasteiger charge is 2.15. The smallest absolute Gasteiger partial charge is 0.0599 e. The van der Waals surface area contributed by atoms with Gasteiger partial charge in [-0.15, -0.1) is 17.8 Å². The SMILES string of the molecule is C#CCN1CCN(Cc2cccs2)CC1. The van der Waals surface area contributed by atoms with E-state index < -0.39 is 0 Å². The topological polar surface area (TPSA) is 6.48 Å². The van der Waals surface area contributed by atoms with Crippen LogP contribution in [0.5, 0.6) is 0 Å². The zero-order valence-corrected chi connectivity index (χ0v) is 9.67. The molecule has 15 heavy (non-hydrogen) atoms. The van der Waals surface area contributed by atoms with Crippen LogP contribution >= 0.6 is 11.3 Å². The van der Waals surface area contributed by atoms with Crippen LogP contribution in [0.2, 0.25) is 0 Å². The summed E-state index contributed by atoms with van der Waals surface area (Å²) in [5, 5.41) is 2.14. The highest BCUT2D eigenvalue weighted by molar-refractivity contribution is 7.09. The van der Waals surface area contributed by atoms with Crippen LogP contribution in [0.3, 0.4) is 0 Å². The number of hydrogen-bond acceptors (Lipinski definition) is 3. The van der Waals surface area contributed by atoms with Gasteiger partial charge in [-0.25, -0.2) is 0 Å². The zero-order chi connectivity index (χ0) is 10.5. The van der Waals surface area contributed by atoms with Gasteiger partial charge < -0.3 is 0 Å². The van der Waals surface area contributed by atoms with Crippen molar-refractivity contribution in [1.82, 2.24) is 9.80 Å². The monoisotopic (exact) mass is 220 g/mol. The minimum Gasteiger partial charge on any atom is -0.296 e. The van der Waals surface area contributed by atoms with Crippen LogP contribution in [0, 0.1) is 12.3 Å². The molecule has 2 nitrogen and oxygen atoms in total. The predicted octanol–water partition coefficient (Wildman–Crippen LogP) is 1.50. The molecule has 1 aromatic heterocycles. The second-order valence-electron chi connectivity index (χ2n) is 3.84. The lowest BCUT2D eigenvalue weighted by Crippen LogP contribution is -2.45. The first kappa shape index (κ1) is 10.7. The van der Waals surface area contributed by atoms with Crippen molar-refractivity contribution in [3.05, 3.63) is 22.4 Å². The first-order valence-electron chi connectivity index (χ1n) is 5.29. The predicted molar refractivity (Wildman–Crippen MR) is 64.9 cm³/mol. The molecule has 1 fully saturated rings. The Morgan fingerprint density at radius 1 is 1.27 bits per heavy atom. The van der Waals surface area contributed by atoms with Gasteiger partial charge in [0.15, 0.2) is 0 Å². The van der Waals surface area contributed by atoms with Crippen LogP contribution in [0.15, 0.2) is 17.5 Å². The largest absolute Gasteiger partial charge is 0.296 e. The summed E-state index contributed by atoms with van der Waals surface area (Å²) in [6, 6.07) is 4.33. The van der Waals surface area contributed by atoms with E-state index in [4.69, 9.17) is 6.42 Å². The van der Waals surface area contributed by atoms with Gasteiger partial charge in [-0.3, -0.25) is 9.80 Å². The Labute approximate surface area is 95.5 Å². The van der Waals surface area contributed by atoms with Gasteiger partial charge in [0, 0.05) is 37.6 Å². The normalized spacial score (nSPS) is 18.9. The lowest BCUT2D eigenvalue weighted by Gasteiger charge is -2.33. The summed E-state index contributed by atoms with van der Waals surface area (Å²) in [5.74, 6) is 2.71. The highest BCUT2D eigenvalue weighted by atomic mass is 32.1. The Bertz CT molecular complexity index is 318. The zero-order valence-electron chi connectivity index (χ0n) is 8.85. The van der Waals surface area contributed by atoms with Gasteiger partial charge >= 0.3 is 0 Å². The summed E-state index contributed by atoms with van der Waals surface area (Å²) in [6.45, 7) is 6.39. The summed E-state index contributed by atoms with van der Waals surface area (Å²) in [6.07, 6.45) is 5.30. The third-order valence-corrected chi connectivity index (χ3v) is 3.60. The summed E-state index contributed by atoms with van der Waals surface area (Å²) >= 11 is 1.84. The quantitative estimate of drug-likeness (QED) is 0.712. The number of nitrogens with zero attached hydrogens (tertiary/aromatic N) is 2. The van der Waals surface area contributed by atoms with Crippen LogP contribution in [0.25, 0.3) is 0 Å². The lowest BCUT2D eigenvalue weighted by atomic mass is 10.3. The Morgan fingerprint density at radius 2 is 2.00 bits per heavy atom. The Balaban J connectivity index is 1.77. The van der Waals surface area contributed by atoms with Crippen molar-refractivity contribution in [1.29, 1.82) is 0 Å². The molecular weight excluding hydrogens is 204 g/mol. The maximum Gasteiger partial charge on any atom is 0.0599 e. The third kappa shape index (κ3) is 3.07. The number of terminal acetylenes is 1. The Kier molecular flexibility index (Phi) is 3.79. The number of piperazine rings is 1. The fourth-order valence-electron chi connectivity index (χ4n) is 1.86. The Morgan fingerprint density at radius 3 is 2.60 bits per heavy atom. The van der Waals surface area contributed by atoms with Crippen LogP contribution in [0.4, 0.5) is 0 Å². The van der Waals surface area contributed by atoms with E-state index in [2.05, 4.69) is 33.2 Å². The first-order chi connectivity index (χ1) is 7.38. The van der Waals surface area contributed by atoms with Gasteiger partial charge in [-0.1, -0.05) is 12.0 Å². The second kappa shape index (κ2) is 5.32. The van der Waals surface area contributed by atoms with E-state index in [9.17, 15) is 0 Å². The molecule has 0 atom stereocenters. The maximum absolute atomic E-state index is 5.30. The molecule has 2 rings (SSSR count). The number of rotatable bonds is 3. The van der Waals surface area contributed by atoms with Crippen molar-refractivity contribution in [2.24, 2.45) is 0 Å².